The number of carbonyl (C=O) groups excluding carboxylic acids is 1. The number of nitrogens with zero attached hydrogens (tertiary/aromatic N) is 2. The van der Waals surface area contributed by atoms with E-state index >= 15 is 0 Å². The van der Waals surface area contributed by atoms with Crippen molar-refractivity contribution in [1.82, 2.24) is 9.88 Å². The first-order valence-electron chi connectivity index (χ1n) is 8.33. The fourth-order valence-electron chi connectivity index (χ4n) is 3.08. The highest BCUT2D eigenvalue weighted by Gasteiger charge is 2.22. The molecule has 2 aromatic carbocycles. The lowest BCUT2D eigenvalue weighted by Crippen LogP contribution is -2.25. The fraction of sp³-hybridized carbons (Fsp3) is 0.263. The molecule has 0 atom stereocenters. The zero-order valence-corrected chi connectivity index (χ0v) is 13.7. The Hall–Kier alpha value is -2.89. The van der Waals surface area contributed by atoms with Crippen LogP contribution in [-0.4, -0.2) is 22.3 Å². The van der Waals surface area contributed by atoms with Gasteiger partial charge < -0.3 is 14.6 Å². The van der Waals surface area contributed by atoms with Crippen molar-refractivity contribution in [2.45, 2.75) is 25.9 Å². The predicted molar refractivity (Wildman–Crippen MR) is 92.4 cm³/mol. The maximum Gasteiger partial charge on any atom is 0.295 e. The number of carbonyl (C=O) groups is 1. The van der Waals surface area contributed by atoms with E-state index in [2.05, 4.69) is 22.4 Å². The van der Waals surface area contributed by atoms with Gasteiger partial charge in [0.2, 0.25) is 5.91 Å². The summed E-state index contributed by atoms with van der Waals surface area (Å²) in [6.45, 7) is 1.96. The van der Waals surface area contributed by atoms with E-state index in [4.69, 9.17) is 4.42 Å². The molecule has 1 aliphatic rings. The summed E-state index contributed by atoms with van der Waals surface area (Å²) in [5.74, 6) is -0.192. The summed E-state index contributed by atoms with van der Waals surface area (Å²) in [6, 6.07) is 12.7. The van der Waals surface area contributed by atoms with Gasteiger partial charge in [-0.2, -0.15) is 4.98 Å². The smallest absolute Gasteiger partial charge is 0.295 e. The number of aromatic nitrogens is 1. The highest BCUT2D eigenvalue weighted by molar-refractivity contribution is 5.77. The first-order chi connectivity index (χ1) is 12.2. The third-order valence-electron chi connectivity index (χ3n) is 4.39. The minimum absolute atomic E-state index is 0.151. The van der Waals surface area contributed by atoms with Gasteiger partial charge in [0.05, 0.1) is 0 Å². The molecule has 0 aliphatic carbocycles. The monoisotopic (exact) mass is 339 g/mol. The normalized spacial score (nSPS) is 13.2. The van der Waals surface area contributed by atoms with Crippen molar-refractivity contribution in [2.75, 3.05) is 11.9 Å². The molecule has 128 valence electrons. The number of benzene rings is 2. The Bertz CT molecular complexity index is 897. The van der Waals surface area contributed by atoms with Crippen molar-refractivity contribution >= 4 is 23.0 Å². The van der Waals surface area contributed by atoms with Crippen molar-refractivity contribution in [3.63, 3.8) is 0 Å². The molecule has 0 bridgehead atoms. The van der Waals surface area contributed by atoms with Crippen LogP contribution in [0.3, 0.4) is 0 Å². The van der Waals surface area contributed by atoms with E-state index in [9.17, 15) is 9.18 Å². The lowest BCUT2D eigenvalue weighted by Gasteiger charge is -2.15. The van der Waals surface area contributed by atoms with Gasteiger partial charge in [0, 0.05) is 32.1 Å². The van der Waals surface area contributed by atoms with Crippen LogP contribution in [0.5, 0.6) is 0 Å². The Morgan fingerprint density at radius 1 is 1.20 bits per heavy atom. The second-order valence-corrected chi connectivity index (χ2v) is 6.18. The molecule has 0 saturated heterocycles. The molecule has 25 heavy (non-hydrogen) atoms. The maximum absolute atomic E-state index is 13.1. The van der Waals surface area contributed by atoms with Crippen LogP contribution < -0.4 is 5.32 Å². The van der Waals surface area contributed by atoms with Crippen molar-refractivity contribution in [2.24, 2.45) is 0 Å². The second kappa shape index (κ2) is 6.55. The van der Waals surface area contributed by atoms with E-state index in [-0.39, 0.29) is 11.7 Å². The van der Waals surface area contributed by atoms with Crippen molar-refractivity contribution < 1.29 is 13.6 Å². The third kappa shape index (κ3) is 3.33. The Labute approximate surface area is 144 Å². The van der Waals surface area contributed by atoms with E-state index in [1.165, 1.54) is 23.3 Å². The van der Waals surface area contributed by atoms with E-state index in [0.717, 1.165) is 0 Å². The van der Waals surface area contributed by atoms with E-state index < -0.39 is 0 Å². The lowest BCUT2D eigenvalue weighted by molar-refractivity contribution is -0.131. The number of anilines is 1. The molecule has 1 amide bonds. The molecule has 0 saturated carbocycles. The van der Waals surface area contributed by atoms with Crippen LogP contribution in [0, 0.1) is 5.82 Å². The Balaban J connectivity index is 1.26. The zero-order chi connectivity index (χ0) is 17.2. The van der Waals surface area contributed by atoms with Gasteiger partial charge in [0.1, 0.15) is 11.3 Å². The molecule has 3 aromatic rings. The molecule has 4 rings (SSSR count). The number of fused-ring (bicyclic) bond motifs is 2. The highest BCUT2D eigenvalue weighted by atomic mass is 19.1. The third-order valence-corrected chi connectivity index (χ3v) is 4.39. The van der Waals surface area contributed by atoms with Gasteiger partial charge in [-0.25, -0.2) is 4.39 Å². The molecule has 0 unspecified atom stereocenters. The molecule has 6 heteroatoms. The van der Waals surface area contributed by atoms with E-state index in [1.54, 1.807) is 6.07 Å². The van der Waals surface area contributed by atoms with Crippen LogP contribution in [0.2, 0.25) is 0 Å². The summed E-state index contributed by atoms with van der Waals surface area (Å²) in [7, 11) is 0. The molecule has 0 radical (unpaired) electrons. The quantitative estimate of drug-likeness (QED) is 0.720. The largest absolute Gasteiger partial charge is 0.424 e. The number of amides is 1. The van der Waals surface area contributed by atoms with Crippen LogP contribution in [0.4, 0.5) is 10.4 Å². The van der Waals surface area contributed by atoms with Crippen LogP contribution in [0.25, 0.3) is 11.1 Å². The van der Waals surface area contributed by atoms with Crippen LogP contribution in [0.1, 0.15) is 24.0 Å². The molecule has 1 aromatic heterocycles. The summed E-state index contributed by atoms with van der Waals surface area (Å²) in [5.41, 5.74) is 3.48. The van der Waals surface area contributed by atoms with Crippen LogP contribution in [-0.2, 0) is 17.9 Å². The fourth-order valence-corrected chi connectivity index (χ4v) is 3.08. The van der Waals surface area contributed by atoms with Gasteiger partial charge in [0.15, 0.2) is 5.58 Å². The molecular weight excluding hydrogens is 321 g/mol. The topological polar surface area (TPSA) is 58.4 Å². The van der Waals surface area contributed by atoms with Gasteiger partial charge in [0.25, 0.3) is 6.01 Å². The molecule has 0 spiro atoms. The Kier molecular flexibility index (Phi) is 4.09. The van der Waals surface area contributed by atoms with Gasteiger partial charge in [-0.15, -0.1) is 0 Å². The number of rotatable bonds is 5. The Morgan fingerprint density at radius 2 is 1.96 bits per heavy atom. The minimum atomic E-state index is -0.343. The standard InChI is InChI=1S/C19H18FN3O2/c20-15-7-8-17-16(10-15)22-19(25-17)21-9-3-6-18(24)23-11-13-4-1-2-5-14(13)12-23/h1-2,4-5,7-8,10H,3,6,9,11-12H2,(H,21,22). The molecule has 1 aliphatic heterocycles. The van der Waals surface area contributed by atoms with Crippen molar-refractivity contribution in [3.05, 3.63) is 59.4 Å². The van der Waals surface area contributed by atoms with E-state index in [1.807, 2.05) is 17.0 Å². The van der Waals surface area contributed by atoms with Crippen LogP contribution >= 0.6 is 0 Å². The Morgan fingerprint density at radius 3 is 2.72 bits per heavy atom. The van der Waals surface area contributed by atoms with Crippen molar-refractivity contribution in [1.29, 1.82) is 0 Å². The predicted octanol–water partition coefficient (Wildman–Crippen LogP) is 3.70. The number of hydrogen-bond acceptors (Lipinski definition) is 4. The number of oxazole rings is 1. The maximum atomic E-state index is 13.1. The zero-order valence-electron chi connectivity index (χ0n) is 13.7. The number of halogens is 1. The average Bonchev–Trinajstić information content (AvgIpc) is 3.21. The average molecular weight is 339 g/mol. The van der Waals surface area contributed by atoms with Gasteiger partial charge in [-0.05, 0) is 29.7 Å². The van der Waals surface area contributed by atoms with E-state index in [0.29, 0.717) is 49.6 Å². The first-order valence-corrected chi connectivity index (χ1v) is 8.33. The van der Waals surface area contributed by atoms with Gasteiger partial charge in [-0.1, -0.05) is 24.3 Å². The molecule has 0 fully saturated rings. The minimum Gasteiger partial charge on any atom is -0.424 e. The molecular formula is C19H18FN3O2. The first kappa shape index (κ1) is 15.6. The number of hydrogen-bond donors (Lipinski definition) is 1. The summed E-state index contributed by atoms with van der Waals surface area (Å²) in [5, 5.41) is 3.05. The lowest BCUT2D eigenvalue weighted by atomic mass is 10.1. The van der Waals surface area contributed by atoms with Crippen LogP contribution in [0.15, 0.2) is 46.9 Å². The molecule has 1 N–H and O–H groups in total. The molecule has 5 nitrogen and oxygen atoms in total. The second-order valence-electron chi connectivity index (χ2n) is 6.18. The highest BCUT2D eigenvalue weighted by Crippen LogP contribution is 2.23. The summed E-state index contributed by atoms with van der Waals surface area (Å²) in [6.07, 6.45) is 1.15. The summed E-state index contributed by atoms with van der Waals surface area (Å²) in [4.78, 5) is 18.4. The van der Waals surface area contributed by atoms with Gasteiger partial charge >= 0.3 is 0 Å². The SMILES string of the molecule is O=C(CCCNc1nc2cc(F)ccc2o1)N1Cc2ccccc2C1. The number of nitrogens with one attached hydrogen (secondary N) is 1. The summed E-state index contributed by atoms with van der Waals surface area (Å²) >= 11 is 0. The summed E-state index contributed by atoms with van der Waals surface area (Å²) < 4.78 is 18.6. The van der Waals surface area contributed by atoms with Gasteiger partial charge in [-0.3, -0.25) is 4.79 Å². The van der Waals surface area contributed by atoms with Crippen molar-refractivity contribution in [3.8, 4) is 0 Å². The molecule has 2 heterocycles.